The zero-order chi connectivity index (χ0) is 14.4. The Balaban J connectivity index is 2.22. The SMILES string of the molecule is CCCCC1=C(CCCC)C2=C(CCCC)N=CC2=C1. The normalized spacial score (nSPS) is 17.2. The number of hydrogen-bond acceptors (Lipinski definition) is 1. The van der Waals surface area contributed by atoms with Gasteiger partial charge in [0.25, 0.3) is 0 Å². The molecule has 1 heterocycles. The zero-order valence-corrected chi connectivity index (χ0v) is 13.5. The molecule has 0 aromatic heterocycles. The van der Waals surface area contributed by atoms with Gasteiger partial charge in [0.2, 0.25) is 0 Å². The first kappa shape index (κ1) is 15.3. The highest BCUT2D eigenvalue weighted by atomic mass is 14.8. The second kappa shape index (κ2) is 7.61. The average molecular weight is 271 g/mol. The molecular formula is C19H29N. The van der Waals surface area contributed by atoms with Gasteiger partial charge in [-0.1, -0.05) is 40.0 Å². The summed E-state index contributed by atoms with van der Waals surface area (Å²) >= 11 is 0. The molecule has 0 spiro atoms. The maximum absolute atomic E-state index is 4.68. The molecule has 1 aliphatic heterocycles. The number of allylic oxidation sites excluding steroid dienone is 6. The summed E-state index contributed by atoms with van der Waals surface area (Å²) in [6.07, 6.45) is 15.8. The van der Waals surface area contributed by atoms with Crippen LogP contribution in [0.1, 0.15) is 78.6 Å². The molecule has 0 N–H and O–H groups in total. The fourth-order valence-corrected chi connectivity index (χ4v) is 3.10. The van der Waals surface area contributed by atoms with Crippen molar-refractivity contribution in [2.24, 2.45) is 4.99 Å². The van der Waals surface area contributed by atoms with Crippen molar-refractivity contribution < 1.29 is 0 Å². The van der Waals surface area contributed by atoms with Crippen molar-refractivity contribution in [3.8, 4) is 0 Å². The summed E-state index contributed by atoms with van der Waals surface area (Å²) in [5, 5.41) is 0. The van der Waals surface area contributed by atoms with Gasteiger partial charge in [-0.2, -0.15) is 0 Å². The third-order valence-corrected chi connectivity index (χ3v) is 4.30. The number of nitrogens with zero attached hydrogens (tertiary/aromatic N) is 1. The minimum atomic E-state index is 1.15. The van der Waals surface area contributed by atoms with E-state index < -0.39 is 0 Å². The van der Waals surface area contributed by atoms with Crippen LogP contribution in [-0.4, -0.2) is 6.21 Å². The molecule has 0 bridgehead atoms. The van der Waals surface area contributed by atoms with Gasteiger partial charge in [0.05, 0.1) is 0 Å². The van der Waals surface area contributed by atoms with E-state index in [0.29, 0.717) is 0 Å². The third-order valence-electron chi connectivity index (χ3n) is 4.30. The molecule has 0 fully saturated rings. The molecule has 1 aliphatic carbocycles. The predicted octanol–water partition coefficient (Wildman–Crippen LogP) is 6.13. The molecule has 0 saturated heterocycles. The molecule has 110 valence electrons. The fourth-order valence-electron chi connectivity index (χ4n) is 3.10. The molecule has 0 amide bonds. The second-order valence-corrected chi connectivity index (χ2v) is 5.99. The van der Waals surface area contributed by atoms with Gasteiger partial charge in [-0.25, -0.2) is 0 Å². The molecule has 0 unspecified atom stereocenters. The zero-order valence-electron chi connectivity index (χ0n) is 13.5. The molecule has 0 saturated carbocycles. The molecule has 1 nitrogen and oxygen atoms in total. The lowest BCUT2D eigenvalue weighted by molar-refractivity contribution is 0.755. The van der Waals surface area contributed by atoms with Gasteiger partial charge in [0, 0.05) is 23.1 Å². The van der Waals surface area contributed by atoms with E-state index in [-0.39, 0.29) is 0 Å². The summed E-state index contributed by atoms with van der Waals surface area (Å²) in [7, 11) is 0. The molecule has 20 heavy (non-hydrogen) atoms. The van der Waals surface area contributed by atoms with Crippen LogP contribution < -0.4 is 0 Å². The van der Waals surface area contributed by atoms with E-state index in [0.717, 1.165) is 6.42 Å². The number of rotatable bonds is 9. The van der Waals surface area contributed by atoms with Crippen LogP contribution in [0.25, 0.3) is 0 Å². The van der Waals surface area contributed by atoms with Crippen LogP contribution in [0.15, 0.2) is 39.1 Å². The van der Waals surface area contributed by atoms with Crippen LogP contribution in [0, 0.1) is 0 Å². The van der Waals surface area contributed by atoms with Crippen molar-refractivity contribution >= 4 is 6.21 Å². The quantitative estimate of drug-likeness (QED) is 0.478. The Labute approximate surface area is 124 Å². The molecule has 0 atom stereocenters. The van der Waals surface area contributed by atoms with Crippen molar-refractivity contribution in [1.29, 1.82) is 0 Å². The van der Waals surface area contributed by atoms with Gasteiger partial charge in [-0.15, -0.1) is 0 Å². The molecule has 0 radical (unpaired) electrons. The van der Waals surface area contributed by atoms with E-state index >= 15 is 0 Å². The highest BCUT2D eigenvalue weighted by Crippen LogP contribution is 2.41. The Bertz CT molecular complexity index is 460. The van der Waals surface area contributed by atoms with Gasteiger partial charge in [-0.05, 0) is 55.7 Å². The Kier molecular flexibility index (Phi) is 5.82. The van der Waals surface area contributed by atoms with E-state index in [4.69, 9.17) is 0 Å². The Morgan fingerprint density at radius 2 is 1.50 bits per heavy atom. The van der Waals surface area contributed by atoms with Crippen LogP contribution in [0.4, 0.5) is 0 Å². The van der Waals surface area contributed by atoms with Crippen molar-refractivity contribution in [3.05, 3.63) is 34.1 Å². The fraction of sp³-hybridized carbons (Fsp3) is 0.632. The lowest BCUT2D eigenvalue weighted by Crippen LogP contribution is -1.93. The van der Waals surface area contributed by atoms with Gasteiger partial charge in [0.15, 0.2) is 0 Å². The predicted molar refractivity (Wildman–Crippen MR) is 89.2 cm³/mol. The first-order chi connectivity index (χ1) is 9.81. The Hall–Kier alpha value is -1.11. The highest BCUT2D eigenvalue weighted by molar-refractivity contribution is 5.94. The standard InChI is InChI=1S/C19H29N/c1-4-7-10-15-13-16-14-20-18(12-9-6-3)19(16)17(15)11-8-5-2/h13-14H,4-12H2,1-3H3. The topological polar surface area (TPSA) is 12.4 Å². The number of hydrogen-bond donors (Lipinski definition) is 0. The van der Waals surface area contributed by atoms with Gasteiger partial charge in [0.1, 0.15) is 0 Å². The van der Waals surface area contributed by atoms with E-state index in [9.17, 15) is 0 Å². The molecule has 2 aliphatic rings. The van der Waals surface area contributed by atoms with Gasteiger partial charge < -0.3 is 0 Å². The lowest BCUT2D eigenvalue weighted by Gasteiger charge is -2.11. The smallest absolute Gasteiger partial charge is 0.0485 e. The van der Waals surface area contributed by atoms with Crippen molar-refractivity contribution in [1.82, 2.24) is 0 Å². The van der Waals surface area contributed by atoms with E-state index in [1.165, 1.54) is 68.2 Å². The van der Waals surface area contributed by atoms with Crippen molar-refractivity contribution in [3.63, 3.8) is 0 Å². The maximum atomic E-state index is 4.68. The number of unbranched alkanes of at least 4 members (excludes halogenated alkanes) is 3. The largest absolute Gasteiger partial charge is 0.260 e. The summed E-state index contributed by atoms with van der Waals surface area (Å²) in [4.78, 5) is 4.68. The molecule has 2 rings (SSSR count). The summed E-state index contributed by atoms with van der Waals surface area (Å²) in [5.41, 5.74) is 7.49. The summed E-state index contributed by atoms with van der Waals surface area (Å²) in [6.45, 7) is 6.82. The van der Waals surface area contributed by atoms with Crippen LogP contribution in [0.5, 0.6) is 0 Å². The molecular weight excluding hydrogens is 242 g/mol. The summed E-state index contributed by atoms with van der Waals surface area (Å²) in [6, 6.07) is 0. The Morgan fingerprint density at radius 3 is 2.20 bits per heavy atom. The van der Waals surface area contributed by atoms with Crippen LogP contribution >= 0.6 is 0 Å². The van der Waals surface area contributed by atoms with E-state index in [2.05, 4.69) is 38.1 Å². The monoisotopic (exact) mass is 271 g/mol. The summed E-state index contributed by atoms with van der Waals surface area (Å²) < 4.78 is 0. The number of aliphatic imine (C=N–C) groups is 1. The lowest BCUT2D eigenvalue weighted by atomic mass is 9.94. The summed E-state index contributed by atoms with van der Waals surface area (Å²) in [5.74, 6) is 0. The second-order valence-electron chi connectivity index (χ2n) is 5.99. The average Bonchev–Trinajstić information content (AvgIpc) is 3.00. The van der Waals surface area contributed by atoms with Crippen LogP contribution in [0.3, 0.4) is 0 Å². The first-order valence-electron chi connectivity index (χ1n) is 8.53. The van der Waals surface area contributed by atoms with Crippen LogP contribution in [0.2, 0.25) is 0 Å². The molecule has 0 aromatic carbocycles. The highest BCUT2D eigenvalue weighted by Gasteiger charge is 2.26. The van der Waals surface area contributed by atoms with Crippen LogP contribution in [-0.2, 0) is 0 Å². The van der Waals surface area contributed by atoms with E-state index in [1.807, 2.05) is 0 Å². The van der Waals surface area contributed by atoms with Gasteiger partial charge >= 0.3 is 0 Å². The first-order valence-corrected chi connectivity index (χ1v) is 8.53. The maximum Gasteiger partial charge on any atom is 0.0485 e. The third kappa shape index (κ3) is 3.31. The van der Waals surface area contributed by atoms with E-state index in [1.54, 1.807) is 11.1 Å². The van der Waals surface area contributed by atoms with Crippen molar-refractivity contribution in [2.45, 2.75) is 78.6 Å². The number of fused-ring (bicyclic) bond motifs is 1. The molecule has 0 aromatic rings. The molecule has 1 heteroatoms. The minimum absolute atomic E-state index is 1.15. The van der Waals surface area contributed by atoms with Gasteiger partial charge in [-0.3, -0.25) is 4.99 Å². The minimum Gasteiger partial charge on any atom is -0.260 e. The van der Waals surface area contributed by atoms with Crippen molar-refractivity contribution in [2.75, 3.05) is 0 Å². The Morgan fingerprint density at radius 1 is 0.850 bits per heavy atom.